The molecule has 1 aromatic heterocycles. The lowest BCUT2D eigenvalue weighted by Crippen LogP contribution is -2.16. The van der Waals surface area contributed by atoms with Crippen LogP contribution in [0.3, 0.4) is 0 Å². The molecule has 0 amide bonds. The number of aryl methyl sites for hydroxylation is 2. The largest absolute Gasteiger partial charge is 0.573 e. The highest BCUT2D eigenvalue weighted by molar-refractivity contribution is 5.55. The van der Waals surface area contributed by atoms with Crippen molar-refractivity contribution in [3.63, 3.8) is 0 Å². The molecule has 1 heterocycles. The lowest BCUT2D eigenvalue weighted by atomic mass is 10.2. The quantitative estimate of drug-likeness (QED) is 0.819. The molecule has 0 aliphatic heterocycles. The average Bonchev–Trinajstić information content (AvgIpc) is 2.58. The fourth-order valence-corrected chi connectivity index (χ4v) is 1.40. The van der Waals surface area contributed by atoms with Gasteiger partial charge in [-0.25, -0.2) is 4.98 Å². The smallest absolute Gasteiger partial charge is 0.441 e. The van der Waals surface area contributed by atoms with Crippen molar-refractivity contribution in [2.24, 2.45) is 0 Å². The minimum atomic E-state index is -4.68. The Morgan fingerprint density at radius 3 is 2.17 bits per heavy atom. The lowest BCUT2D eigenvalue weighted by Gasteiger charge is -2.08. The number of hydrogen-bond donors (Lipinski definition) is 0. The molecule has 0 aliphatic carbocycles. The van der Waals surface area contributed by atoms with Crippen molar-refractivity contribution < 1.29 is 22.3 Å². The Balaban J connectivity index is 2.22. The van der Waals surface area contributed by atoms with Gasteiger partial charge < -0.3 is 9.15 Å². The second-order valence-electron chi connectivity index (χ2n) is 3.73. The maximum absolute atomic E-state index is 12.0. The standard InChI is InChI=1S/C12H10F3NO2/c1-7-8(2)17-11(16-7)9-3-5-10(6-4-9)18-12(13,14)15/h3-6H,1-2H3. The number of benzene rings is 1. The highest BCUT2D eigenvalue weighted by Gasteiger charge is 2.31. The first kappa shape index (κ1) is 12.5. The SMILES string of the molecule is Cc1nc(-c2ccc(OC(F)(F)F)cc2)oc1C. The molecule has 0 aliphatic rings. The molecule has 0 saturated carbocycles. The van der Waals surface area contributed by atoms with E-state index >= 15 is 0 Å². The summed E-state index contributed by atoms with van der Waals surface area (Å²) in [5.41, 5.74) is 1.35. The molecule has 0 spiro atoms. The van der Waals surface area contributed by atoms with Gasteiger partial charge in [0.1, 0.15) is 11.5 Å². The van der Waals surface area contributed by atoms with Gasteiger partial charge in [-0.2, -0.15) is 0 Å². The number of alkyl halides is 3. The van der Waals surface area contributed by atoms with Crippen LogP contribution in [-0.2, 0) is 0 Å². The van der Waals surface area contributed by atoms with E-state index in [2.05, 4.69) is 9.72 Å². The maximum atomic E-state index is 12.0. The van der Waals surface area contributed by atoms with Gasteiger partial charge in [0.25, 0.3) is 0 Å². The van der Waals surface area contributed by atoms with E-state index in [1.54, 1.807) is 13.8 Å². The molecule has 2 rings (SSSR count). The number of oxazole rings is 1. The van der Waals surface area contributed by atoms with E-state index in [4.69, 9.17) is 4.42 Å². The molecule has 0 atom stereocenters. The first-order chi connectivity index (χ1) is 8.35. The molecule has 2 aromatic rings. The maximum Gasteiger partial charge on any atom is 0.573 e. The van der Waals surface area contributed by atoms with Gasteiger partial charge in [0.2, 0.25) is 5.89 Å². The number of aromatic nitrogens is 1. The zero-order valence-corrected chi connectivity index (χ0v) is 9.71. The molecule has 18 heavy (non-hydrogen) atoms. The normalized spacial score (nSPS) is 11.6. The van der Waals surface area contributed by atoms with Crippen LogP contribution in [-0.4, -0.2) is 11.3 Å². The van der Waals surface area contributed by atoms with Gasteiger partial charge in [0.15, 0.2) is 0 Å². The van der Waals surface area contributed by atoms with Crippen LogP contribution in [0.4, 0.5) is 13.2 Å². The number of ether oxygens (including phenoxy) is 1. The molecule has 3 nitrogen and oxygen atoms in total. The van der Waals surface area contributed by atoms with Crippen molar-refractivity contribution in [3.8, 4) is 17.2 Å². The first-order valence-corrected chi connectivity index (χ1v) is 5.15. The monoisotopic (exact) mass is 257 g/mol. The van der Waals surface area contributed by atoms with E-state index in [9.17, 15) is 13.2 Å². The minimum Gasteiger partial charge on any atom is -0.441 e. The van der Waals surface area contributed by atoms with Crippen molar-refractivity contribution >= 4 is 0 Å². The predicted octanol–water partition coefficient (Wildman–Crippen LogP) is 3.86. The first-order valence-electron chi connectivity index (χ1n) is 5.15. The Kier molecular flexibility index (Phi) is 3.02. The average molecular weight is 257 g/mol. The Morgan fingerprint density at radius 2 is 1.72 bits per heavy atom. The second-order valence-corrected chi connectivity index (χ2v) is 3.73. The van der Waals surface area contributed by atoms with E-state index < -0.39 is 6.36 Å². The second kappa shape index (κ2) is 4.36. The topological polar surface area (TPSA) is 35.3 Å². The van der Waals surface area contributed by atoms with Crippen LogP contribution in [0.1, 0.15) is 11.5 Å². The van der Waals surface area contributed by atoms with Crippen LogP contribution in [0, 0.1) is 13.8 Å². The summed E-state index contributed by atoms with van der Waals surface area (Å²) in [4.78, 5) is 4.16. The van der Waals surface area contributed by atoms with Gasteiger partial charge in [-0.3, -0.25) is 0 Å². The summed E-state index contributed by atoms with van der Waals surface area (Å²) in [5, 5.41) is 0. The molecule has 0 fully saturated rings. The molecule has 1 aromatic carbocycles. The van der Waals surface area contributed by atoms with Crippen LogP contribution < -0.4 is 4.74 Å². The van der Waals surface area contributed by atoms with E-state index in [-0.39, 0.29) is 5.75 Å². The molecular formula is C12H10F3NO2. The summed E-state index contributed by atoms with van der Waals surface area (Å²) < 4.78 is 45.0. The molecular weight excluding hydrogens is 247 g/mol. The van der Waals surface area contributed by atoms with E-state index in [1.165, 1.54) is 24.3 Å². The fourth-order valence-electron chi connectivity index (χ4n) is 1.40. The van der Waals surface area contributed by atoms with Crippen LogP contribution >= 0.6 is 0 Å². The van der Waals surface area contributed by atoms with E-state index in [0.29, 0.717) is 17.2 Å². The third-order valence-electron chi connectivity index (χ3n) is 2.36. The van der Waals surface area contributed by atoms with Crippen molar-refractivity contribution in [1.82, 2.24) is 4.98 Å². The predicted molar refractivity (Wildman–Crippen MR) is 58.1 cm³/mol. The molecule has 0 N–H and O–H groups in total. The zero-order valence-electron chi connectivity index (χ0n) is 9.71. The van der Waals surface area contributed by atoms with Gasteiger partial charge in [-0.05, 0) is 38.1 Å². The number of halogens is 3. The van der Waals surface area contributed by atoms with Crippen LogP contribution in [0.2, 0.25) is 0 Å². The molecule has 0 unspecified atom stereocenters. The fraction of sp³-hybridized carbons (Fsp3) is 0.250. The van der Waals surface area contributed by atoms with E-state index in [1.807, 2.05) is 0 Å². The minimum absolute atomic E-state index is 0.272. The molecule has 0 bridgehead atoms. The summed E-state index contributed by atoms with van der Waals surface area (Å²) >= 11 is 0. The molecule has 0 saturated heterocycles. The molecule has 6 heteroatoms. The van der Waals surface area contributed by atoms with Crippen molar-refractivity contribution in [3.05, 3.63) is 35.7 Å². The van der Waals surface area contributed by atoms with Crippen LogP contribution in [0.5, 0.6) is 5.75 Å². The molecule has 96 valence electrons. The van der Waals surface area contributed by atoms with E-state index in [0.717, 1.165) is 5.69 Å². The highest BCUT2D eigenvalue weighted by Crippen LogP contribution is 2.26. The third kappa shape index (κ3) is 2.82. The summed E-state index contributed by atoms with van der Waals surface area (Å²) in [6.45, 7) is 3.57. The number of nitrogens with zero attached hydrogens (tertiary/aromatic N) is 1. The Morgan fingerprint density at radius 1 is 1.11 bits per heavy atom. The van der Waals surface area contributed by atoms with Gasteiger partial charge in [0, 0.05) is 5.56 Å². The van der Waals surface area contributed by atoms with Crippen LogP contribution in [0.25, 0.3) is 11.5 Å². The van der Waals surface area contributed by atoms with Crippen molar-refractivity contribution in [1.29, 1.82) is 0 Å². The lowest BCUT2D eigenvalue weighted by molar-refractivity contribution is -0.274. The zero-order chi connectivity index (χ0) is 13.3. The van der Waals surface area contributed by atoms with Crippen molar-refractivity contribution in [2.45, 2.75) is 20.2 Å². The van der Waals surface area contributed by atoms with Crippen LogP contribution in [0.15, 0.2) is 28.7 Å². The summed E-state index contributed by atoms with van der Waals surface area (Å²) in [5.74, 6) is 0.787. The Hall–Kier alpha value is -1.98. The summed E-state index contributed by atoms with van der Waals surface area (Å²) in [6.07, 6.45) is -4.68. The van der Waals surface area contributed by atoms with Gasteiger partial charge >= 0.3 is 6.36 Å². The summed E-state index contributed by atoms with van der Waals surface area (Å²) in [7, 11) is 0. The van der Waals surface area contributed by atoms with Crippen molar-refractivity contribution in [2.75, 3.05) is 0 Å². The summed E-state index contributed by atoms with van der Waals surface area (Å²) in [6, 6.07) is 5.37. The number of hydrogen-bond acceptors (Lipinski definition) is 3. The van der Waals surface area contributed by atoms with Gasteiger partial charge in [0.05, 0.1) is 5.69 Å². The number of rotatable bonds is 2. The Labute approximate surface area is 101 Å². The van der Waals surface area contributed by atoms with Gasteiger partial charge in [-0.15, -0.1) is 13.2 Å². The third-order valence-corrected chi connectivity index (χ3v) is 2.36. The van der Waals surface area contributed by atoms with Gasteiger partial charge in [-0.1, -0.05) is 0 Å². The molecule has 0 radical (unpaired) electrons. The Bertz CT molecular complexity index is 524. The highest BCUT2D eigenvalue weighted by atomic mass is 19.4.